The molecule has 1 fully saturated rings. The second-order valence-corrected chi connectivity index (χ2v) is 14.3. The lowest BCUT2D eigenvalue weighted by Crippen LogP contribution is -2.49. The van der Waals surface area contributed by atoms with E-state index in [1.54, 1.807) is 30.3 Å². The van der Waals surface area contributed by atoms with Gasteiger partial charge in [0.2, 0.25) is 15.9 Å². The Morgan fingerprint density at radius 1 is 1.00 bits per heavy atom. The number of nitrogens with one attached hydrogen (secondary N) is 2. The summed E-state index contributed by atoms with van der Waals surface area (Å²) in [5, 5.41) is 17.0. The molecule has 0 bridgehead atoms. The Bertz CT molecular complexity index is 2100. The van der Waals surface area contributed by atoms with Crippen molar-refractivity contribution in [3.05, 3.63) is 119 Å². The summed E-state index contributed by atoms with van der Waals surface area (Å²) < 4.78 is 101. The number of ether oxygens (including phenoxy) is 1. The van der Waals surface area contributed by atoms with E-state index in [0.29, 0.717) is 46.3 Å². The molecule has 54 heavy (non-hydrogen) atoms. The summed E-state index contributed by atoms with van der Waals surface area (Å²) in [5.74, 6) is -4.22. The van der Waals surface area contributed by atoms with Crippen molar-refractivity contribution in [3.63, 3.8) is 0 Å². The Balaban J connectivity index is 1.56. The van der Waals surface area contributed by atoms with Crippen molar-refractivity contribution in [2.75, 3.05) is 28.6 Å². The van der Waals surface area contributed by atoms with Gasteiger partial charge in [-0.3, -0.25) is 14.4 Å². The minimum Gasteiger partial charge on any atom is -0.426 e. The van der Waals surface area contributed by atoms with Gasteiger partial charge in [0.15, 0.2) is 5.75 Å². The van der Waals surface area contributed by atoms with Gasteiger partial charge in [0.25, 0.3) is 12.4 Å². The largest absolute Gasteiger partial charge is 0.426 e. The maximum Gasteiger partial charge on any atom is 0.416 e. The SMILES string of the molecule is CS(=O)(=O)N(c1cc(F)cc(F)c1)c1c(OC=O)ccc(C(=O)N[C@@H](Cc2ccccc2)[C@H](O)CNCc2cccc(C(F)(F)F)c2)c1N1CCCC1=O. The van der Waals surface area contributed by atoms with Crippen molar-refractivity contribution < 1.29 is 54.6 Å². The molecule has 0 aromatic heterocycles. The molecular weight excluding hydrogens is 739 g/mol. The summed E-state index contributed by atoms with van der Waals surface area (Å²) >= 11 is 0. The van der Waals surface area contributed by atoms with Crippen LogP contribution in [0.5, 0.6) is 5.75 Å². The lowest BCUT2D eigenvalue weighted by atomic mass is 9.99. The monoisotopic (exact) mass is 774 g/mol. The number of aliphatic hydroxyl groups excluding tert-OH is 1. The number of hydrogen-bond donors (Lipinski definition) is 3. The molecule has 17 heteroatoms. The maximum atomic E-state index is 14.5. The summed E-state index contributed by atoms with van der Waals surface area (Å²) in [6, 6.07) is 16.4. The van der Waals surface area contributed by atoms with Crippen molar-refractivity contribution in [2.45, 2.75) is 44.1 Å². The molecule has 1 heterocycles. The van der Waals surface area contributed by atoms with Crippen LogP contribution in [0.1, 0.15) is 39.9 Å². The van der Waals surface area contributed by atoms with Gasteiger partial charge in [0.05, 0.1) is 40.9 Å². The predicted octanol–water partition coefficient (Wildman–Crippen LogP) is 5.24. The molecule has 3 N–H and O–H groups in total. The molecule has 0 aliphatic carbocycles. The first-order chi connectivity index (χ1) is 25.6. The number of anilines is 3. The third-order valence-electron chi connectivity index (χ3n) is 8.51. The Labute approximate surface area is 307 Å². The Hall–Kier alpha value is -5.39. The molecule has 0 unspecified atom stereocenters. The fourth-order valence-corrected chi connectivity index (χ4v) is 7.15. The number of nitrogens with zero attached hydrogens (tertiary/aromatic N) is 2. The van der Waals surface area contributed by atoms with E-state index in [4.69, 9.17) is 4.74 Å². The van der Waals surface area contributed by atoms with Crippen LogP contribution in [0.4, 0.5) is 39.0 Å². The van der Waals surface area contributed by atoms with Crippen molar-refractivity contribution in [1.82, 2.24) is 10.6 Å². The summed E-state index contributed by atoms with van der Waals surface area (Å²) in [6.45, 7) is -0.297. The molecule has 0 saturated carbocycles. The van der Waals surface area contributed by atoms with Crippen LogP contribution in [-0.2, 0) is 38.8 Å². The van der Waals surface area contributed by atoms with Gasteiger partial charge in [-0.25, -0.2) is 21.5 Å². The minimum absolute atomic E-state index is 0.000371. The maximum absolute atomic E-state index is 14.5. The fraction of sp³-hybridized carbons (Fsp3) is 0.270. The van der Waals surface area contributed by atoms with Crippen LogP contribution in [0, 0.1) is 11.6 Å². The highest BCUT2D eigenvalue weighted by atomic mass is 32.2. The van der Waals surface area contributed by atoms with Crippen LogP contribution in [0.2, 0.25) is 0 Å². The molecule has 1 saturated heterocycles. The van der Waals surface area contributed by atoms with Gasteiger partial charge in [-0.2, -0.15) is 13.2 Å². The zero-order chi connectivity index (χ0) is 39.2. The van der Waals surface area contributed by atoms with Crippen molar-refractivity contribution in [1.29, 1.82) is 0 Å². The van der Waals surface area contributed by atoms with E-state index in [1.165, 1.54) is 18.2 Å². The molecule has 1 aliphatic rings. The fourth-order valence-electron chi connectivity index (χ4n) is 6.15. The zero-order valence-electron chi connectivity index (χ0n) is 28.6. The molecule has 286 valence electrons. The molecular formula is C37H35F5N4O7S. The Kier molecular flexibility index (Phi) is 12.3. The number of benzene rings is 4. The molecule has 2 atom stereocenters. The second kappa shape index (κ2) is 16.7. The van der Waals surface area contributed by atoms with E-state index in [0.717, 1.165) is 23.1 Å². The standard InChI is InChI=1S/C37H35F5N4O7S/c1-54(51,52)46(28-18-26(38)17-27(39)19-28)35-32(53-22-47)13-12-29(34(35)45-14-6-11-33(45)49)36(50)44-30(16-23-7-3-2-4-8-23)31(48)21-43-20-24-9-5-10-25(15-24)37(40,41)42/h2-5,7-10,12-13,15,17-19,22,30-31,43,48H,6,11,14,16,20-21H2,1H3,(H,44,50)/t30-,31+/m0/s1. The van der Waals surface area contributed by atoms with E-state index < -0.39 is 74.5 Å². The zero-order valence-corrected chi connectivity index (χ0v) is 29.5. The topological polar surface area (TPSA) is 145 Å². The average Bonchev–Trinajstić information content (AvgIpc) is 3.53. The van der Waals surface area contributed by atoms with E-state index in [2.05, 4.69) is 10.6 Å². The Morgan fingerprint density at radius 3 is 2.30 bits per heavy atom. The molecule has 1 aliphatic heterocycles. The lowest BCUT2D eigenvalue weighted by Gasteiger charge is -2.31. The van der Waals surface area contributed by atoms with Gasteiger partial charge in [0.1, 0.15) is 17.3 Å². The summed E-state index contributed by atoms with van der Waals surface area (Å²) in [7, 11) is -4.55. The van der Waals surface area contributed by atoms with Gasteiger partial charge < -0.3 is 25.4 Å². The van der Waals surface area contributed by atoms with Crippen LogP contribution in [0.15, 0.2) is 84.9 Å². The van der Waals surface area contributed by atoms with Crippen LogP contribution < -0.4 is 24.6 Å². The number of sulfonamides is 1. The number of carbonyl (C=O) groups is 3. The predicted molar refractivity (Wildman–Crippen MR) is 189 cm³/mol. The molecule has 11 nitrogen and oxygen atoms in total. The normalized spacial score (nSPS) is 14.4. The smallest absolute Gasteiger partial charge is 0.416 e. The third-order valence-corrected chi connectivity index (χ3v) is 9.57. The van der Waals surface area contributed by atoms with Crippen LogP contribution in [0.3, 0.4) is 0 Å². The van der Waals surface area contributed by atoms with Gasteiger partial charge in [-0.1, -0.05) is 48.5 Å². The molecule has 2 amide bonds. The number of halogens is 5. The van der Waals surface area contributed by atoms with Crippen molar-refractivity contribution in [3.8, 4) is 5.75 Å². The van der Waals surface area contributed by atoms with E-state index >= 15 is 0 Å². The first kappa shape index (κ1) is 39.8. The number of alkyl halides is 3. The average molecular weight is 775 g/mol. The lowest BCUT2D eigenvalue weighted by molar-refractivity contribution is -0.137. The molecule has 4 aromatic rings. The molecule has 4 aromatic carbocycles. The van der Waals surface area contributed by atoms with Gasteiger partial charge in [-0.05, 0) is 54.3 Å². The van der Waals surface area contributed by atoms with Crippen LogP contribution >= 0.6 is 0 Å². The quantitative estimate of drug-likeness (QED) is 0.110. The van der Waals surface area contributed by atoms with Gasteiger partial charge in [-0.15, -0.1) is 0 Å². The third kappa shape index (κ3) is 9.58. The van der Waals surface area contributed by atoms with Crippen molar-refractivity contribution in [2.24, 2.45) is 0 Å². The van der Waals surface area contributed by atoms with E-state index in [1.807, 2.05) is 0 Å². The summed E-state index contributed by atoms with van der Waals surface area (Å²) in [5.41, 5.74) is -1.65. The number of rotatable bonds is 15. The molecule has 5 rings (SSSR count). The van der Waals surface area contributed by atoms with Gasteiger partial charge >= 0.3 is 6.18 Å². The minimum atomic E-state index is -4.55. The molecule has 0 spiro atoms. The first-order valence-corrected chi connectivity index (χ1v) is 18.4. The Morgan fingerprint density at radius 2 is 1.69 bits per heavy atom. The van der Waals surface area contributed by atoms with E-state index in [9.17, 15) is 49.9 Å². The van der Waals surface area contributed by atoms with Crippen LogP contribution in [-0.4, -0.2) is 63.3 Å². The van der Waals surface area contributed by atoms with Crippen molar-refractivity contribution >= 4 is 45.4 Å². The highest BCUT2D eigenvalue weighted by Crippen LogP contribution is 2.47. The second-order valence-electron chi connectivity index (χ2n) is 12.5. The first-order valence-electron chi connectivity index (χ1n) is 16.5. The van der Waals surface area contributed by atoms with Gasteiger partial charge in [0, 0.05) is 32.1 Å². The number of amides is 2. The summed E-state index contributed by atoms with van der Waals surface area (Å²) in [4.78, 5) is 40.3. The van der Waals surface area contributed by atoms with E-state index in [-0.39, 0.29) is 50.2 Å². The number of aliphatic hydroxyl groups is 1. The highest BCUT2D eigenvalue weighted by molar-refractivity contribution is 7.92. The summed E-state index contributed by atoms with van der Waals surface area (Å²) in [6.07, 6.45) is -4.85. The van der Waals surface area contributed by atoms with Crippen LogP contribution in [0.25, 0.3) is 0 Å². The highest BCUT2D eigenvalue weighted by Gasteiger charge is 2.37. The molecule has 0 radical (unpaired) electrons. The number of hydrogen-bond acceptors (Lipinski definition) is 8. The number of carbonyl (C=O) groups excluding carboxylic acids is 3.